The van der Waals surface area contributed by atoms with Crippen molar-refractivity contribution in [3.05, 3.63) is 36.8 Å². The van der Waals surface area contributed by atoms with Crippen molar-refractivity contribution in [3.8, 4) is 11.4 Å². The number of halogens is 1. The third-order valence-electron chi connectivity index (χ3n) is 5.93. The molecule has 0 bridgehead atoms. The van der Waals surface area contributed by atoms with Crippen LogP contribution in [0.15, 0.2) is 36.8 Å². The molecule has 2 N–H and O–H groups in total. The first kappa shape index (κ1) is 18.9. The Kier molecular flexibility index (Phi) is 4.43. The number of anilines is 2. The number of rotatable bonds is 4. The highest BCUT2D eigenvalue weighted by atomic mass is 19.1. The summed E-state index contributed by atoms with van der Waals surface area (Å²) in [6, 6.07) is 5.30. The van der Waals surface area contributed by atoms with Gasteiger partial charge in [-0.05, 0) is 18.6 Å². The van der Waals surface area contributed by atoms with E-state index in [1.807, 2.05) is 42.6 Å². The molecule has 2 aliphatic rings. The molecule has 1 amide bonds. The first-order chi connectivity index (χ1) is 14.4. The molecular weight excluding hydrogens is 385 g/mol. The van der Waals surface area contributed by atoms with Gasteiger partial charge in [0.05, 0.1) is 36.0 Å². The minimum Gasteiger partial charge on any atom is -0.363 e. The Morgan fingerprint density at radius 2 is 2.10 bits per heavy atom. The fourth-order valence-corrected chi connectivity index (χ4v) is 4.03. The summed E-state index contributed by atoms with van der Waals surface area (Å²) < 4.78 is 15.8. The number of alkyl halides is 1. The van der Waals surface area contributed by atoms with Gasteiger partial charge in [0.25, 0.3) is 0 Å². The summed E-state index contributed by atoms with van der Waals surface area (Å²) in [5, 5.41) is 6.20. The number of pyridine rings is 1. The minimum absolute atomic E-state index is 0.0753. The number of aromatic nitrogens is 4. The second-order valence-electron chi connectivity index (χ2n) is 8.54. The van der Waals surface area contributed by atoms with E-state index in [-0.39, 0.29) is 17.4 Å². The molecule has 3 aromatic rings. The van der Waals surface area contributed by atoms with Gasteiger partial charge in [0, 0.05) is 25.0 Å². The Morgan fingerprint density at radius 3 is 2.83 bits per heavy atom. The van der Waals surface area contributed by atoms with E-state index in [9.17, 15) is 9.18 Å². The normalized spacial score (nSPS) is 23.4. The van der Waals surface area contributed by atoms with Crippen LogP contribution in [0.2, 0.25) is 0 Å². The fraction of sp³-hybridized carbons (Fsp3) is 0.429. The van der Waals surface area contributed by atoms with Crippen LogP contribution in [0.1, 0.15) is 20.3 Å². The molecule has 0 aromatic carbocycles. The first-order valence-electron chi connectivity index (χ1n) is 10.2. The van der Waals surface area contributed by atoms with Crippen molar-refractivity contribution in [2.75, 3.05) is 29.9 Å². The van der Waals surface area contributed by atoms with Crippen LogP contribution in [0.5, 0.6) is 0 Å². The van der Waals surface area contributed by atoms with Crippen molar-refractivity contribution in [1.82, 2.24) is 24.7 Å². The molecule has 0 saturated carbocycles. The van der Waals surface area contributed by atoms with E-state index in [0.717, 1.165) is 12.1 Å². The van der Waals surface area contributed by atoms with Crippen LogP contribution in [0.4, 0.5) is 16.0 Å². The zero-order valence-corrected chi connectivity index (χ0v) is 17.0. The van der Waals surface area contributed by atoms with E-state index < -0.39 is 6.17 Å². The zero-order valence-electron chi connectivity index (χ0n) is 17.0. The highest BCUT2D eigenvalue weighted by Crippen LogP contribution is 2.33. The molecule has 0 radical (unpaired) electrons. The van der Waals surface area contributed by atoms with E-state index in [1.165, 1.54) is 0 Å². The lowest BCUT2D eigenvalue weighted by Crippen LogP contribution is -2.31. The first-order valence-corrected chi connectivity index (χ1v) is 10.2. The van der Waals surface area contributed by atoms with Gasteiger partial charge in [-0.15, -0.1) is 0 Å². The van der Waals surface area contributed by atoms with Gasteiger partial charge in [0.2, 0.25) is 5.91 Å². The highest BCUT2D eigenvalue weighted by Gasteiger charge is 2.40. The van der Waals surface area contributed by atoms with Gasteiger partial charge in [0.1, 0.15) is 12.0 Å². The number of nitrogens with zero attached hydrogens (tertiary/aromatic N) is 5. The van der Waals surface area contributed by atoms with Crippen LogP contribution >= 0.6 is 0 Å². The largest absolute Gasteiger partial charge is 0.363 e. The number of hydrogen-bond acceptors (Lipinski definition) is 6. The Bertz CT molecular complexity index is 1110. The molecule has 2 atom stereocenters. The number of nitrogens with one attached hydrogen (secondary N) is 2. The molecule has 2 aliphatic heterocycles. The minimum atomic E-state index is -0.942. The third kappa shape index (κ3) is 3.19. The van der Waals surface area contributed by atoms with E-state index in [1.54, 1.807) is 17.3 Å². The van der Waals surface area contributed by atoms with Gasteiger partial charge in [-0.1, -0.05) is 19.9 Å². The summed E-state index contributed by atoms with van der Waals surface area (Å²) in [4.78, 5) is 28.0. The molecule has 2 fully saturated rings. The maximum absolute atomic E-state index is 13.9. The lowest BCUT2D eigenvalue weighted by Gasteiger charge is -2.19. The van der Waals surface area contributed by atoms with E-state index >= 15 is 0 Å². The average molecular weight is 409 g/mol. The van der Waals surface area contributed by atoms with Crippen molar-refractivity contribution >= 4 is 23.2 Å². The Balaban J connectivity index is 1.48. The van der Waals surface area contributed by atoms with Crippen molar-refractivity contribution in [1.29, 1.82) is 0 Å². The Hall–Kier alpha value is -3.07. The number of imidazole rings is 1. The van der Waals surface area contributed by atoms with Crippen LogP contribution in [0, 0.1) is 5.41 Å². The molecule has 0 spiro atoms. The number of fused-ring (bicyclic) bond motifs is 1. The molecule has 30 heavy (non-hydrogen) atoms. The standard InChI is InChI=1S/C21H24FN7O/c1-21(2)6-7-28(20(21)30)19-12-29-16(10-24-18(29)11-25-19)14-4-3-5-17(26-14)27-15-9-23-8-13(15)22/h3-5,10-13,15,23H,6-9H2,1-2H3,(H,26,27)/t13-,15-/m0/s1. The molecule has 156 valence electrons. The molecule has 9 heteroatoms. The Labute approximate surface area is 173 Å². The van der Waals surface area contributed by atoms with Crippen LogP contribution in [0.3, 0.4) is 0 Å². The van der Waals surface area contributed by atoms with E-state index in [0.29, 0.717) is 42.6 Å². The summed E-state index contributed by atoms with van der Waals surface area (Å²) in [5.74, 6) is 1.29. The van der Waals surface area contributed by atoms with Crippen LogP contribution in [-0.2, 0) is 4.79 Å². The fourth-order valence-electron chi connectivity index (χ4n) is 4.03. The van der Waals surface area contributed by atoms with Gasteiger partial charge in [-0.25, -0.2) is 19.3 Å². The third-order valence-corrected chi connectivity index (χ3v) is 5.93. The molecule has 2 saturated heterocycles. The molecule has 0 aliphatic carbocycles. The summed E-state index contributed by atoms with van der Waals surface area (Å²) in [6.07, 6.45) is 5.08. The van der Waals surface area contributed by atoms with Crippen molar-refractivity contribution < 1.29 is 9.18 Å². The van der Waals surface area contributed by atoms with E-state index in [4.69, 9.17) is 0 Å². The molecule has 5 rings (SSSR count). The smallest absolute Gasteiger partial charge is 0.233 e. The summed E-state index contributed by atoms with van der Waals surface area (Å²) >= 11 is 0. The lowest BCUT2D eigenvalue weighted by atomic mass is 9.92. The van der Waals surface area contributed by atoms with Gasteiger partial charge >= 0.3 is 0 Å². The van der Waals surface area contributed by atoms with Gasteiger partial charge in [0.15, 0.2) is 11.5 Å². The number of carbonyl (C=O) groups excluding carboxylic acids is 1. The van der Waals surface area contributed by atoms with Crippen molar-refractivity contribution in [3.63, 3.8) is 0 Å². The molecule has 3 aromatic heterocycles. The highest BCUT2D eigenvalue weighted by molar-refractivity contribution is 5.98. The topological polar surface area (TPSA) is 87.4 Å². The summed E-state index contributed by atoms with van der Waals surface area (Å²) in [5.41, 5.74) is 1.78. The summed E-state index contributed by atoms with van der Waals surface area (Å²) in [6.45, 7) is 5.48. The zero-order chi connectivity index (χ0) is 20.9. The predicted octanol–water partition coefficient (Wildman–Crippen LogP) is 2.28. The van der Waals surface area contributed by atoms with Crippen molar-refractivity contribution in [2.24, 2.45) is 5.41 Å². The second-order valence-corrected chi connectivity index (χ2v) is 8.54. The van der Waals surface area contributed by atoms with Gasteiger partial charge in [-0.2, -0.15) is 0 Å². The predicted molar refractivity (Wildman–Crippen MR) is 112 cm³/mol. The molecule has 8 nitrogen and oxygen atoms in total. The van der Waals surface area contributed by atoms with Gasteiger partial charge in [-0.3, -0.25) is 14.1 Å². The monoisotopic (exact) mass is 409 g/mol. The van der Waals surface area contributed by atoms with Gasteiger partial charge < -0.3 is 10.6 Å². The lowest BCUT2D eigenvalue weighted by molar-refractivity contribution is -0.124. The summed E-state index contributed by atoms with van der Waals surface area (Å²) in [7, 11) is 0. The van der Waals surface area contributed by atoms with Crippen LogP contribution in [0.25, 0.3) is 17.0 Å². The van der Waals surface area contributed by atoms with Crippen LogP contribution in [-0.4, -0.2) is 57.1 Å². The van der Waals surface area contributed by atoms with E-state index in [2.05, 4.69) is 25.6 Å². The average Bonchev–Trinajstić information content (AvgIpc) is 3.40. The molecule has 5 heterocycles. The number of amides is 1. The molecule has 0 unspecified atom stereocenters. The SMILES string of the molecule is CC1(C)CCN(c2cn3c(-c4cccc(N[C@H]5CNC[C@@H]5F)n4)cnc3cn2)C1=O. The number of carbonyl (C=O) groups is 1. The maximum Gasteiger partial charge on any atom is 0.233 e. The molecular formula is C21H24FN7O. The second kappa shape index (κ2) is 7.02. The van der Waals surface area contributed by atoms with Crippen LogP contribution < -0.4 is 15.5 Å². The number of hydrogen-bond donors (Lipinski definition) is 2. The van der Waals surface area contributed by atoms with Crippen molar-refractivity contribution in [2.45, 2.75) is 32.5 Å². The Morgan fingerprint density at radius 1 is 1.23 bits per heavy atom. The maximum atomic E-state index is 13.9. The quantitative estimate of drug-likeness (QED) is 0.688.